The molecule has 0 radical (unpaired) electrons. The van der Waals surface area contributed by atoms with Crippen molar-refractivity contribution >= 4 is 22.2 Å². The number of rotatable bonds is 5. The lowest BCUT2D eigenvalue weighted by atomic mass is 10.1. The van der Waals surface area contributed by atoms with Gasteiger partial charge >= 0.3 is 5.69 Å². The van der Waals surface area contributed by atoms with E-state index in [2.05, 4.69) is 19.9 Å². The molecule has 0 atom stereocenters. The fourth-order valence-electron chi connectivity index (χ4n) is 2.96. The number of aromatic nitrogens is 5. The molecule has 0 aliphatic rings. The summed E-state index contributed by atoms with van der Waals surface area (Å²) in [5, 5.41) is 1.00. The van der Waals surface area contributed by atoms with Gasteiger partial charge in [-0.3, -0.25) is 14.5 Å². The normalized spacial score (nSPS) is 11.4. The average molecular weight is 335 g/mol. The number of pyridine rings is 1. The first kappa shape index (κ1) is 15.5. The molecular formula is C18H17N5O2. The van der Waals surface area contributed by atoms with E-state index in [4.69, 9.17) is 4.74 Å². The Hall–Kier alpha value is -3.06. The Balaban J connectivity index is 1.80. The van der Waals surface area contributed by atoms with E-state index < -0.39 is 0 Å². The zero-order valence-corrected chi connectivity index (χ0v) is 13.8. The van der Waals surface area contributed by atoms with Gasteiger partial charge in [-0.1, -0.05) is 18.2 Å². The van der Waals surface area contributed by atoms with Crippen molar-refractivity contribution in [3.63, 3.8) is 0 Å². The summed E-state index contributed by atoms with van der Waals surface area (Å²) in [6.45, 7) is 1.13. The van der Waals surface area contributed by atoms with Crippen molar-refractivity contribution in [2.75, 3.05) is 13.7 Å². The van der Waals surface area contributed by atoms with Gasteiger partial charge in [-0.25, -0.2) is 14.8 Å². The molecule has 0 unspecified atom stereocenters. The molecule has 3 heterocycles. The predicted octanol–water partition coefficient (Wildman–Crippen LogP) is 2.37. The highest BCUT2D eigenvalue weighted by atomic mass is 16.5. The predicted molar refractivity (Wildman–Crippen MR) is 95.4 cm³/mol. The Morgan fingerprint density at radius 1 is 1.20 bits per heavy atom. The van der Waals surface area contributed by atoms with Gasteiger partial charge in [0.25, 0.3) is 0 Å². The van der Waals surface area contributed by atoms with E-state index in [1.165, 1.54) is 0 Å². The monoisotopic (exact) mass is 335 g/mol. The van der Waals surface area contributed by atoms with Gasteiger partial charge in [0.1, 0.15) is 0 Å². The number of benzene rings is 1. The maximum absolute atomic E-state index is 12.2. The van der Waals surface area contributed by atoms with Crippen LogP contribution >= 0.6 is 0 Å². The van der Waals surface area contributed by atoms with E-state index in [0.717, 1.165) is 22.9 Å². The highest BCUT2D eigenvalue weighted by Gasteiger charge is 2.12. The number of aryl methyl sites for hydroxylation is 1. The number of hydrogen-bond donors (Lipinski definition) is 1. The molecule has 0 saturated carbocycles. The molecule has 0 amide bonds. The van der Waals surface area contributed by atoms with E-state index in [9.17, 15) is 4.79 Å². The third kappa shape index (κ3) is 2.78. The number of nitrogens with one attached hydrogen (secondary N) is 1. The molecule has 3 aromatic heterocycles. The van der Waals surface area contributed by atoms with Gasteiger partial charge in [0.05, 0.1) is 17.4 Å². The van der Waals surface area contributed by atoms with Gasteiger partial charge < -0.3 is 4.74 Å². The Labute approximate surface area is 143 Å². The van der Waals surface area contributed by atoms with Crippen LogP contribution in [0.3, 0.4) is 0 Å². The van der Waals surface area contributed by atoms with Crippen molar-refractivity contribution in [2.45, 2.75) is 13.0 Å². The topological polar surface area (TPSA) is 85.7 Å². The molecule has 0 aliphatic heterocycles. The smallest absolute Gasteiger partial charge is 0.328 e. The first-order valence-electron chi connectivity index (χ1n) is 8.06. The molecular weight excluding hydrogens is 318 g/mol. The van der Waals surface area contributed by atoms with Crippen molar-refractivity contribution in [2.24, 2.45) is 0 Å². The number of hydrogen-bond acceptors (Lipinski definition) is 5. The SMILES string of the molecule is COCCCn1c(=O)[nH]c2nc(-c3cccc4ncccc34)cnc21. The van der Waals surface area contributed by atoms with Crippen LogP contribution in [0.2, 0.25) is 0 Å². The molecule has 1 aromatic carbocycles. The fraction of sp³-hybridized carbons (Fsp3) is 0.222. The molecule has 7 heteroatoms. The second kappa shape index (κ2) is 6.45. The number of methoxy groups -OCH3 is 1. The van der Waals surface area contributed by atoms with E-state index in [0.29, 0.717) is 30.1 Å². The van der Waals surface area contributed by atoms with Gasteiger partial charge in [-0.2, -0.15) is 0 Å². The van der Waals surface area contributed by atoms with Crippen LogP contribution < -0.4 is 5.69 Å². The lowest BCUT2D eigenvalue weighted by Gasteiger charge is -2.06. The highest BCUT2D eigenvalue weighted by molar-refractivity contribution is 5.93. The van der Waals surface area contributed by atoms with Crippen LogP contribution in [-0.2, 0) is 11.3 Å². The molecule has 4 aromatic rings. The molecule has 7 nitrogen and oxygen atoms in total. The van der Waals surface area contributed by atoms with Crippen LogP contribution in [0.5, 0.6) is 0 Å². The van der Waals surface area contributed by atoms with E-state index in [1.807, 2.05) is 30.3 Å². The second-order valence-electron chi connectivity index (χ2n) is 5.73. The van der Waals surface area contributed by atoms with Gasteiger partial charge in [0.15, 0.2) is 11.3 Å². The minimum atomic E-state index is -0.206. The van der Waals surface area contributed by atoms with Crippen LogP contribution in [0.4, 0.5) is 0 Å². The zero-order chi connectivity index (χ0) is 17.2. The number of fused-ring (bicyclic) bond motifs is 2. The lowest BCUT2D eigenvalue weighted by Crippen LogP contribution is -2.17. The van der Waals surface area contributed by atoms with Gasteiger partial charge in [0, 0.05) is 37.4 Å². The van der Waals surface area contributed by atoms with Crippen molar-refractivity contribution in [3.8, 4) is 11.3 Å². The van der Waals surface area contributed by atoms with Crippen LogP contribution in [0, 0.1) is 0 Å². The summed E-state index contributed by atoms with van der Waals surface area (Å²) < 4.78 is 6.64. The minimum absolute atomic E-state index is 0.206. The summed E-state index contributed by atoms with van der Waals surface area (Å²) in [4.78, 5) is 28.4. The van der Waals surface area contributed by atoms with E-state index in [1.54, 1.807) is 24.1 Å². The average Bonchev–Trinajstić information content (AvgIpc) is 2.96. The summed E-state index contributed by atoms with van der Waals surface area (Å²) in [5.41, 5.74) is 3.38. The molecule has 0 saturated heterocycles. The third-order valence-electron chi connectivity index (χ3n) is 4.13. The Bertz CT molecular complexity index is 1090. The van der Waals surface area contributed by atoms with E-state index in [-0.39, 0.29) is 5.69 Å². The molecule has 4 rings (SSSR count). The second-order valence-corrected chi connectivity index (χ2v) is 5.73. The van der Waals surface area contributed by atoms with E-state index >= 15 is 0 Å². The summed E-state index contributed by atoms with van der Waals surface area (Å²) in [6.07, 6.45) is 4.20. The van der Waals surface area contributed by atoms with Crippen molar-refractivity contribution in [3.05, 3.63) is 53.2 Å². The number of aromatic amines is 1. The maximum Gasteiger partial charge on any atom is 0.328 e. The summed E-state index contributed by atoms with van der Waals surface area (Å²) >= 11 is 0. The standard InChI is InChI=1S/C18H17N5O2/c1-25-10-4-9-23-17-16(22-18(23)24)21-15(11-20-17)13-5-2-7-14-12(13)6-3-8-19-14/h2-3,5-8,11H,4,9-10H2,1H3,(H,21,22,24). The molecule has 0 fully saturated rings. The zero-order valence-electron chi connectivity index (χ0n) is 13.8. The van der Waals surface area contributed by atoms with Gasteiger partial charge in [0.2, 0.25) is 0 Å². The summed E-state index contributed by atoms with van der Waals surface area (Å²) in [6, 6.07) is 9.77. The number of nitrogens with zero attached hydrogens (tertiary/aromatic N) is 4. The van der Waals surface area contributed by atoms with Gasteiger partial charge in [-0.05, 0) is 18.6 Å². The van der Waals surface area contributed by atoms with Crippen LogP contribution in [0.15, 0.2) is 47.5 Å². The Kier molecular flexibility index (Phi) is 3.99. The number of H-pyrrole nitrogens is 1. The quantitative estimate of drug-likeness (QED) is 0.566. The summed E-state index contributed by atoms with van der Waals surface area (Å²) in [7, 11) is 1.64. The van der Waals surface area contributed by atoms with Crippen LogP contribution in [0.25, 0.3) is 33.5 Å². The van der Waals surface area contributed by atoms with Crippen molar-refractivity contribution in [1.29, 1.82) is 0 Å². The van der Waals surface area contributed by atoms with Crippen LogP contribution in [-0.4, -0.2) is 38.2 Å². The molecule has 1 N–H and O–H groups in total. The highest BCUT2D eigenvalue weighted by Crippen LogP contribution is 2.26. The maximum atomic E-state index is 12.2. The lowest BCUT2D eigenvalue weighted by molar-refractivity contribution is 0.190. The summed E-state index contributed by atoms with van der Waals surface area (Å²) in [5.74, 6) is 0. The van der Waals surface area contributed by atoms with Crippen LogP contribution in [0.1, 0.15) is 6.42 Å². The fourth-order valence-corrected chi connectivity index (χ4v) is 2.96. The Morgan fingerprint density at radius 2 is 2.12 bits per heavy atom. The first-order chi connectivity index (χ1) is 12.3. The first-order valence-corrected chi connectivity index (χ1v) is 8.06. The van der Waals surface area contributed by atoms with Crippen molar-refractivity contribution < 1.29 is 4.74 Å². The largest absolute Gasteiger partial charge is 0.385 e. The Morgan fingerprint density at radius 3 is 3.00 bits per heavy atom. The number of imidazole rings is 1. The molecule has 25 heavy (non-hydrogen) atoms. The molecule has 0 bridgehead atoms. The molecule has 0 aliphatic carbocycles. The minimum Gasteiger partial charge on any atom is -0.385 e. The van der Waals surface area contributed by atoms with Gasteiger partial charge in [-0.15, -0.1) is 0 Å². The van der Waals surface area contributed by atoms with Crippen molar-refractivity contribution in [1.82, 2.24) is 24.5 Å². The molecule has 126 valence electrons. The molecule has 0 spiro atoms. The third-order valence-corrected chi connectivity index (χ3v) is 4.13. The number of ether oxygens (including phenoxy) is 1.